The second-order valence-corrected chi connectivity index (χ2v) is 9.80. The number of benzene rings is 3. The lowest BCUT2D eigenvalue weighted by Crippen LogP contribution is -2.65. The number of carbonyl (C=O) groups is 1. The van der Waals surface area contributed by atoms with Crippen molar-refractivity contribution < 1.29 is 32.2 Å². The first kappa shape index (κ1) is 25.4. The molecule has 0 amide bonds. The van der Waals surface area contributed by atoms with Gasteiger partial charge in [-0.3, -0.25) is 9.69 Å². The van der Waals surface area contributed by atoms with E-state index >= 15 is 0 Å². The minimum Gasteiger partial charge on any atom is -0.481 e. The molecule has 0 spiro atoms. The molecule has 3 heterocycles. The summed E-state index contributed by atoms with van der Waals surface area (Å²) in [7, 11) is 0. The Bertz CT molecular complexity index is 1200. The van der Waals surface area contributed by atoms with Gasteiger partial charge < -0.3 is 9.84 Å². The van der Waals surface area contributed by atoms with Gasteiger partial charge in [-0.25, -0.2) is 4.39 Å². The number of piperidine rings is 3. The third-order valence-corrected chi connectivity index (χ3v) is 7.58. The fourth-order valence-corrected chi connectivity index (χ4v) is 6.00. The second-order valence-electron chi connectivity index (χ2n) is 9.80. The molecule has 3 aliphatic rings. The van der Waals surface area contributed by atoms with Gasteiger partial charge in [0.05, 0.1) is 24.2 Å². The van der Waals surface area contributed by atoms with Gasteiger partial charge in [-0.05, 0) is 47.9 Å². The van der Waals surface area contributed by atoms with E-state index in [0.717, 1.165) is 23.3 Å². The lowest BCUT2D eigenvalue weighted by molar-refractivity contribution is -0.172. The Hall–Kier alpha value is -3.23. The Morgan fingerprint density at radius 1 is 1.00 bits per heavy atom. The fraction of sp³-hybridized carbons (Fsp3) is 0.345. The zero-order valence-electron chi connectivity index (χ0n) is 19.9. The minimum absolute atomic E-state index is 0.0605. The van der Waals surface area contributed by atoms with Crippen molar-refractivity contribution in [3.05, 3.63) is 107 Å². The molecule has 8 heteroatoms. The molecule has 3 saturated heterocycles. The van der Waals surface area contributed by atoms with Crippen molar-refractivity contribution in [1.82, 2.24) is 4.90 Å². The van der Waals surface area contributed by atoms with Crippen LogP contribution in [0.3, 0.4) is 0 Å². The van der Waals surface area contributed by atoms with Crippen LogP contribution in [0.15, 0.2) is 78.9 Å². The highest BCUT2D eigenvalue weighted by Gasteiger charge is 2.53. The summed E-state index contributed by atoms with van der Waals surface area (Å²) in [5.74, 6) is -3.03. The number of halogens is 4. The molecule has 194 valence electrons. The summed E-state index contributed by atoms with van der Waals surface area (Å²) in [6, 6.07) is 21.9. The quantitative estimate of drug-likeness (QED) is 0.396. The van der Waals surface area contributed by atoms with Crippen LogP contribution in [0.25, 0.3) is 0 Å². The molecule has 3 aromatic carbocycles. The van der Waals surface area contributed by atoms with E-state index in [1.165, 1.54) is 0 Å². The van der Waals surface area contributed by atoms with E-state index in [1.807, 2.05) is 60.7 Å². The van der Waals surface area contributed by atoms with Crippen LogP contribution in [0, 0.1) is 17.7 Å². The lowest BCUT2D eigenvalue weighted by Gasteiger charge is -2.55. The maximum Gasteiger partial charge on any atom is 0.416 e. The summed E-state index contributed by atoms with van der Waals surface area (Å²) in [6.07, 6.45) is -4.66. The Balaban J connectivity index is 1.53. The van der Waals surface area contributed by atoms with E-state index in [9.17, 15) is 27.5 Å². The first-order valence-electron chi connectivity index (χ1n) is 12.3. The molecule has 3 aliphatic heterocycles. The van der Waals surface area contributed by atoms with Crippen LogP contribution >= 0.6 is 0 Å². The topological polar surface area (TPSA) is 49.8 Å². The van der Waals surface area contributed by atoms with Gasteiger partial charge in [0, 0.05) is 24.4 Å². The van der Waals surface area contributed by atoms with Gasteiger partial charge in [-0.1, -0.05) is 60.7 Å². The van der Waals surface area contributed by atoms with E-state index in [1.54, 1.807) is 0 Å². The normalized spacial score (nSPS) is 25.4. The monoisotopic (exact) mass is 513 g/mol. The molecule has 5 atom stereocenters. The zero-order chi connectivity index (χ0) is 26.2. The molecular weight excluding hydrogens is 486 g/mol. The van der Waals surface area contributed by atoms with Gasteiger partial charge >= 0.3 is 12.1 Å². The average Bonchev–Trinajstić information content (AvgIpc) is 2.89. The van der Waals surface area contributed by atoms with Crippen molar-refractivity contribution >= 4 is 5.97 Å². The highest BCUT2D eigenvalue weighted by molar-refractivity contribution is 5.71. The van der Waals surface area contributed by atoms with Crippen LogP contribution in [0.4, 0.5) is 17.6 Å². The molecule has 2 bridgehead atoms. The molecule has 0 aromatic heterocycles. The van der Waals surface area contributed by atoms with Crippen molar-refractivity contribution in [3.8, 4) is 0 Å². The smallest absolute Gasteiger partial charge is 0.416 e. The lowest BCUT2D eigenvalue weighted by atomic mass is 9.68. The molecule has 3 aromatic rings. The van der Waals surface area contributed by atoms with Crippen LogP contribution in [0.2, 0.25) is 0 Å². The Morgan fingerprint density at radius 3 is 2.19 bits per heavy atom. The Labute approximate surface area is 212 Å². The summed E-state index contributed by atoms with van der Waals surface area (Å²) in [4.78, 5) is 14.3. The fourth-order valence-electron chi connectivity index (χ4n) is 6.00. The SMILES string of the molecule is O=C(O)[C@@H]1CN2CC[C@H]1[C@H](OCc1cc(F)cc(C(F)(F)F)c1)[C@H]2C(c1ccccc1)c1ccccc1. The number of alkyl halides is 3. The molecule has 37 heavy (non-hydrogen) atoms. The Kier molecular flexibility index (Phi) is 7.05. The number of hydrogen-bond acceptors (Lipinski definition) is 3. The van der Waals surface area contributed by atoms with E-state index < -0.39 is 35.5 Å². The van der Waals surface area contributed by atoms with Gasteiger partial charge in [0.2, 0.25) is 0 Å². The van der Waals surface area contributed by atoms with Crippen LogP contribution in [0.1, 0.15) is 34.6 Å². The number of rotatable bonds is 7. The standard InChI is InChI=1S/C29H27F4NO3/c30-22-14-18(13-21(15-22)29(31,32)33)17-37-27-23-11-12-34(16-24(23)28(35)36)26(27)25(19-7-3-1-4-8-19)20-9-5-2-6-10-20/h1-10,13-15,23-27H,11-12,16-17H2,(H,35,36)/t23-,24-,26-,27+/m1/s1. The van der Waals surface area contributed by atoms with Crippen molar-refractivity contribution in [2.24, 2.45) is 11.8 Å². The van der Waals surface area contributed by atoms with E-state index in [4.69, 9.17) is 4.74 Å². The van der Waals surface area contributed by atoms with E-state index in [2.05, 4.69) is 4.90 Å². The largest absolute Gasteiger partial charge is 0.481 e. The maximum atomic E-state index is 14.0. The van der Waals surface area contributed by atoms with E-state index in [-0.39, 0.29) is 30.0 Å². The predicted octanol–water partition coefficient (Wildman–Crippen LogP) is 5.97. The number of hydrogen-bond donors (Lipinski definition) is 1. The third kappa shape index (κ3) is 5.26. The summed E-state index contributed by atoms with van der Waals surface area (Å²) < 4.78 is 60.2. The van der Waals surface area contributed by atoms with Gasteiger partial charge in [0.1, 0.15) is 5.82 Å². The molecule has 0 aliphatic carbocycles. The highest BCUT2D eigenvalue weighted by atomic mass is 19.4. The van der Waals surface area contributed by atoms with Gasteiger partial charge in [0.15, 0.2) is 0 Å². The van der Waals surface area contributed by atoms with Gasteiger partial charge in [-0.15, -0.1) is 0 Å². The maximum absolute atomic E-state index is 14.0. The zero-order valence-corrected chi connectivity index (χ0v) is 19.9. The number of carboxylic acid groups (broad SMARTS) is 1. The average molecular weight is 514 g/mol. The Morgan fingerprint density at radius 2 is 1.62 bits per heavy atom. The number of nitrogens with zero attached hydrogens (tertiary/aromatic N) is 1. The summed E-state index contributed by atoms with van der Waals surface area (Å²) in [6.45, 7) is 0.821. The molecule has 6 rings (SSSR count). The molecule has 3 fully saturated rings. The number of aliphatic carboxylic acids is 1. The van der Waals surface area contributed by atoms with Crippen LogP contribution < -0.4 is 0 Å². The summed E-state index contributed by atoms with van der Waals surface area (Å²) in [5.41, 5.74) is 1.06. The predicted molar refractivity (Wildman–Crippen MR) is 129 cm³/mol. The first-order valence-corrected chi connectivity index (χ1v) is 12.3. The molecular formula is C29H27F4NO3. The minimum atomic E-state index is -4.69. The van der Waals surface area contributed by atoms with Crippen molar-refractivity contribution in [1.29, 1.82) is 0 Å². The number of fused-ring (bicyclic) bond motifs is 3. The molecule has 1 unspecified atom stereocenters. The molecule has 0 saturated carbocycles. The molecule has 1 N–H and O–H groups in total. The van der Waals surface area contributed by atoms with Crippen molar-refractivity contribution in [2.75, 3.05) is 13.1 Å². The number of ether oxygens (including phenoxy) is 1. The van der Waals surface area contributed by atoms with Crippen LogP contribution in [-0.2, 0) is 22.3 Å². The molecule has 0 radical (unpaired) electrons. The summed E-state index contributed by atoms with van der Waals surface area (Å²) >= 11 is 0. The van der Waals surface area contributed by atoms with Crippen molar-refractivity contribution in [2.45, 2.75) is 37.3 Å². The van der Waals surface area contributed by atoms with Gasteiger partial charge in [0.25, 0.3) is 0 Å². The summed E-state index contributed by atoms with van der Waals surface area (Å²) in [5, 5.41) is 9.93. The molecule has 4 nitrogen and oxygen atoms in total. The first-order chi connectivity index (χ1) is 17.7. The van der Waals surface area contributed by atoms with Crippen LogP contribution in [-0.4, -0.2) is 41.2 Å². The third-order valence-electron chi connectivity index (χ3n) is 7.58. The van der Waals surface area contributed by atoms with Crippen molar-refractivity contribution in [3.63, 3.8) is 0 Å². The second kappa shape index (κ2) is 10.3. The highest BCUT2D eigenvalue weighted by Crippen LogP contribution is 2.46. The number of carboxylic acids is 1. The van der Waals surface area contributed by atoms with E-state index in [0.29, 0.717) is 25.6 Å². The van der Waals surface area contributed by atoms with Crippen LogP contribution in [0.5, 0.6) is 0 Å². The van der Waals surface area contributed by atoms with Gasteiger partial charge in [-0.2, -0.15) is 13.2 Å².